The number of anilines is 1. The van der Waals surface area contributed by atoms with E-state index in [1.165, 1.54) is 12.3 Å². The summed E-state index contributed by atoms with van der Waals surface area (Å²) in [5.74, 6) is -0.873. The van der Waals surface area contributed by atoms with Crippen molar-refractivity contribution in [3.05, 3.63) is 72.3 Å². The minimum absolute atomic E-state index is 0.172. The van der Waals surface area contributed by atoms with Crippen molar-refractivity contribution in [2.24, 2.45) is 5.10 Å². The molecule has 0 aliphatic carbocycles. The van der Waals surface area contributed by atoms with E-state index in [9.17, 15) is 15.3 Å². The zero-order valence-electron chi connectivity index (χ0n) is 12.7. The summed E-state index contributed by atoms with van der Waals surface area (Å²) in [4.78, 5) is 0. The molecule has 5 nitrogen and oxygen atoms in total. The molecule has 3 aromatic rings. The molecule has 0 fully saturated rings. The number of nitrogens with one attached hydrogen (secondary N) is 1. The Morgan fingerprint density at radius 2 is 1.42 bits per heavy atom. The Hall–Kier alpha value is -3.47. The molecule has 0 saturated carbocycles. The van der Waals surface area contributed by atoms with Gasteiger partial charge in [-0.25, -0.2) is 0 Å². The monoisotopic (exact) mass is 320 g/mol. The molecule has 0 amide bonds. The molecule has 0 aliphatic rings. The Labute approximate surface area is 139 Å². The lowest BCUT2D eigenvalue weighted by Crippen LogP contribution is -1.91. The fourth-order valence-corrected chi connectivity index (χ4v) is 2.26. The molecule has 4 N–H and O–H groups in total. The van der Waals surface area contributed by atoms with Crippen molar-refractivity contribution in [3.8, 4) is 28.4 Å². The van der Waals surface area contributed by atoms with Crippen LogP contribution in [0, 0.1) is 0 Å². The van der Waals surface area contributed by atoms with E-state index in [0.717, 1.165) is 22.9 Å². The van der Waals surface area contributed by atoms with Gasteiger partial charge in [0.15, 0.2) is 11.5 Å². The van der Waals surface area contributed by atoms with Gasteiger partial charge in [-0.2, -0.15) is 5.10 Å². The van der Waals surface area contributed by atoms with E-state index < -0.39 is 0 Å². The van der Waals surface area contributed by atoms with Crippen molar-refractivity contribution in [1.29, 1.82) is 0 Å². The van der Waals surface area contributed by atoms with E-state index in [4.69, 9.17) is 0 Å². The van der Waals surface area contributed by atoms with E-state index in [-0.39, 0.29) is 22.8 Å². The average Bonchev–Trinajstić information content (AvgIpc) is 2.60. The first-order valence-electron chi connectivity index (χ1n) is 7.33. The number of hydrogen-bond acceptors (Lipinski definition) is 5. The first-order chi connectivity index (χ1) is 11.6. The van der Waals surface area contributed by atoms with Gasteiger partial charge in [-0.05, 0) is 29.3 Å². The van der Waals surface area contributed by atoms with Crippen LogP contribution in [-0.4, -0.2) is 21.5 Å². The summed E-state index contributed by atoms with van der Waals surface area (Å²) in [6.45, 7) is 0. The Morgan fingerprint density at radius 1 is 0.708 bits per heavy atom. The van der Waals surface area contributed by atoms with Crippen LogP contribution < -0.4 is 5.43 Å². The molecule has 3 aromatic carbocycles. The number of hydrazone groups is 1. The van der Waals surface area contributed by atoms with Gasteiger partial charge in [-0.1, -0.05) is 42.5 Å². The fourth-order valence-electron chi connectivity index (χ4n) is 2.26. The summed E-state index contributed by atoms with van der Waals surface area (Å²) in [6.07, 6.45) is 1.36. The standard InChI is InChI=1S/C19H16N2O3/c22-17-11-19(24)18(23)10-15(17)12-20-21-16-8-4-7-14(9-16)13-5-2-1-3-6-13/h1-12,21-24H/b20-12+. The molecule has 0 atom stereocenters. The Balaban J connectivity index is 1.77. The zero-order chi connectivity index (χ0) is 16.9. The van der Waals surface area contributed by atoms with Crippen LogP contribution in [0.5, 0.6) is 17.2 Å². The number of rotatable bonds is 4. The van der Waals surface area contributed by atoms with Gasteiger partial charge in [0.25, 0.3) is 0 Å². The number of nitrogens with zero attached hydrogens (tertiary/aromatic N) is 1. The summed E-state index contributed by atoms with van der Waals surface area (Å²) in [7, 11) is 0. The lowest BCUT2D eigenvalue weighted by atomic mass is 10.1. The molecule has 0 bridgehead atoms. The SMILES string of the molecule is Oc1cc(O)c(/C=N/Nc2cccc(-c3ccccc3)c2)cc1O. The third-order valence-electron chi connectivity index (χ3n) is 3.49. The van der Waals surface area contributed by atoms with Gasteiger partial charge in [0.2, 0.25) is 0 Å². The van der Waals surface area contributed by atoms with Gasteiger partial charge < -0.3 is 15.3 Å². The molecule has 24 heavy (non-hydrogen) atoms. The first kappa shape index (κ1) is 15.4. The number of benzene rings is 3. The van der Waals surface area contributed by atoms with Crippen LogP contribution >= 0.6 is 0 Å². The highest BCUT2D eigenvalue weighted by Gasteiger charge is 2.05. The van der Waals surface area contributed by atoms with Crippen LogP contribution in [0.2, 0.25) is 0 Å². The minimum atomic E-state index is -0.381. The Bertz CT molecular complexity index is 877. The second-order valence-corrected chi connectivity index (χ2v) is 5.22. The summed E-state index contributed by atoms with van der Waals surface area (Å²) in [6, 6.07) is 20.0. The van der Waals surface area contributed by atoms with Gasteiger partial charge in [0.1, 0.15) is 5.75 Å². The highest BCUT2D eigenvalue weighted by molar-refractivity contribution is 5.85. The predicted molar refractivity (Wildman–Crippen MR) is 94.5 cm³/mol. The molecule has 0 heterocycles. The van der Waals surface area contributed by atoms with Crippen molar-refractivity contribution in [2.75, 3.05) is 5.43 Å². The highest BCUT2D eigenvalue weighted by Crippen LogP contribution is 2.31. The third-order valence-corrected chi connectivity index (χ3v) is 3.49. The van der Waals surface area contributed by atoms with E-state index in [1.54, 1.807) is 0 Å². The maximum absolute atomic E-state index is 9.72. The molecule has 0 aliphatic heterocycles. The molecule has 120 valence electrons. The Kier molecular flexibility index (Phi) is 4.34. The number of phenolic OH excluding ortho intramolecular Hbond substituents is 3. The van der Waals surface area contributed by atoms with E-state index >= 15 is 0 Å². The van der Waals surface area contributed by atoms with Crippen LogP contribution in [0.4, 0.5) is 5.69 Å². The highest BCUT2D eigenvalue weighted by atomic mass is 16.3. The second-order valence-electron chi connectivity index (χ2n) is 5.22. The normalized spacial score (nSPS) is 10.8. The van der Waals surface area contributed by atoms with Crippen molar-refractivity contribution in [3.63, 3.8) is 0 Å². The molecule has 3 rings (SSSR count). The van der Waals surface area contributed by atoms with E-state index in [0.29, 0.717) is 0 Å². The summed E-state index contributed by atoms with van der Waals surface area (Å²) >= 11 is 0. The molecule has 0 unspecified atom stereocenters. The third kappa shape index (κ3) is 3.47. The number of hydrogen-bond donors (Lipinski definition) is 4. The first-order valence-corrected chi connectivity index (χ1v) is 7.33. The lowest BCUT2D eigenvalue weighted by Gasteiger charge is -2.05. The molecular formula is C19H16N2O3. The van der Waals surface area contributed by atoms with Crippen LogP contribution in [0.15, 0.2) is 71.8 Å². The zero-order valence-corrected chi connectivity index (χ0v) is 12.7. The summed E-state index contributed by atoms with van der Waals surface area (Å²) < 4.78 is 0. The fraction of sp³-hybridized carbons (Fsp3) is 0. The van der Waals surface area contributed by atoms with Gasteiger partial charge in [-0.3, -0.25) is 5.43 Å². The van der Waals surface area contributed by atoms with Crippen molar-refractivity contribution in [1.82, 2.24) is 0 Å². The van der Waals surface area contributed by atoms with Crippen molar-refractivity contribution in [2.45, 2.75) is 0 Å². The topological polar surface area (TPSA) is 85.1 Å². The summed E-state index contributed by atoms with van der Waals surface area (Å²) in [5, 5.41) is 32.5. The van der Waals surface area contributed by atoms with E-state index in [2.05, 4.69) is 10.5 Å². The maximum atomic E-state index is 9.72. The van der Waals surface area contributed by atoms with Crippen LogP contribution in [-0.2, 0) is 0 Å². The number of phenols is 3. The summed E-state index contributed by atoms with van der Waals surface area (Å²) in [5.41, 5.74) is 6.11. The second kappa shape index (κ2) is 6.75. The maximum Gasteiger partial charge on any atom is 0.161 e. The average molecular weight is 320 g/mol. The quantitative estimate of drug-likeness (QED) is 0.254. The molecule has 0 saturated heterocycles. The van der Waals surface area contributed by atoms with Crippen LogP contribution in [0.25, 0.3) is 11.1 Å². The van der Waals surface area contributed by atoms with Gasteiger partial charge >= 0.3 is 0 Å². The van der Waals surface area contributed by atoms with Gasteiger partial charge in [-0.15, -0.1) is 0 Å². The molecule has 0 radical (unpaired) electrons. The lowest BCUT2D eigenvalue weighted by molar-refractivity contribution is 0.396. The van der Waals surface area contributed by atoms with Gasteiger partial charge in [0.05, 0.1) is 11.9 Å². The van der Waals surface area contributed by atoms with Crippen molar-refractivity contribution >= 4 is 11.9 Å². The largest absolute Gasteiger partial charge is 0.507 e. The van der Waals surface area contributed by atoms with Crippen LogP contribution in [0.1, 0.15) is 5.56 Å². The Morgan fingerprint density at radius 3 is 2.21 bits per heavy atom. The molecule has 0 spiro atoms. The minimum Gasteiger partial charge on any atom is -0.507 e. The van der Waals surface area contributed by atoms with Crippen LogP contribution in [0.3, 0.4) is 0 Å². The van der Waals surface area contributed by atoms with Gasteiger partial charge in [0, 0.05) is 11.6 Å². The predicted octanol–water partition coefficient (Wildman–Crippen LogP) is 3.92. The van der Waals surface area contributed by atoms with E-state index in [1.807, 2.05) is 54.6 Å². The molecular weight excluding hydrogens is 304 g/mol. The molecule has 0 aromatic heterocycles. The smallest absolute Gasteiger partial charge is 0.161 e. The molecule has 5 heteroatoms. The van der Waals surface area contributed by atoms with Crippen molar-refractivity contribution < 1.29 is 15.3 Å². The number of aromatic hydroxyl groups is 3.